The molecule has 0 aliphatic heterocycles. The van der Waals surface area contributed by atoms with E-state index in [1.54, 1.807) is 17.7 Å². The van der Waals surface area contributed by atoms with Crippen LogP contribution in [0.25, 0.3) is 27.3 Å². The minimum atomic E-state index is 0.834. The molecule has 0 saturated carbocycles. The van der Waals surface area contributed by atoms with Gasteiger partial charge in [0.1, 0.15) is 6.33 Å². The van der Waals surface area contributed by atoms with Crippen LogP contribution in [0.15, 0.2) is 36.7 Å². The van der Waals surface area contributed by atoms with E-state index in [2.05, 4.69) is 65.9 Å². The lowest BCUT2D eigenvalue weighted by Gasteiger charge is -2.14. The summed E-state index contributed by atoms with van der Waals surface area (Å²) in [5.41, 5.74) is 6.86. The topological polar surface area (TPSA) is 43.6 Å². The van der Waals surface area contributed by atoms with Gasteiger partial charge in [-0.05, 0) is 51.0 Å². The Kier molecular flexibility index (Phi) is 3.46. The number of fused-ring (bicyclic) bond motifs is 1. The molecule has 2 heterocycles. The third-order valence-electron chi connectivity index (χ3n) is 4.19. The summed E-state index contributed by atoms with van der Waals surface area (Å²) in [7, 11) is 0. The number of hydrogen-bond donors (Lipinski definition) is 0. The fourth-order valence-corrected chi connectivity index (χ4v) is 4.23. The van der Waals surface area contributed by atoms with Gasteiger partial charge in [-0.2, -0.15) is 0 Å². The fourth-order valence-electron chi connectivity index (χ4n) is 3.37. The number of aromatic nitrogens is 4. The average Bonchev–Trinajstić information content (AvgIpc) is 3.11. The molecular formula is C19H18N4S. The Morgan fingerprint density at radius 1 is 1.00 bits per heavy atom. The second kappa shape index (κ2) is 5.53. The van der Waals surface area contributed by atoms with Gasteiger partial charge in [-0.3, -0.25) is 4.57 Å². The van der Waals surface area contributed by atoms with Crippen LogP contribution in [-0.2, 0) is 0 Å². The van der Waals surface area contributed by atoms with Crippen molar-refractivity contribution >= 4 is 21.6 Å². The molecule has 4 nitrogen and oxygen atoms in total. The van der Waals surface area contributed by atoms with Crippen LogP contribution in [0.3, 0.4) is 0 Å². The maximum absolute atomic E-state index is 4.70. The zero-order chi connectivity index (χ0) is 16.8. The van der Waals surface area contributed by atoms with E-state index in [9.17, 15) is 0 Å². The van der Waals surface area contributed by atoms with Gasteiger partial charge < -0.3 is 0 Å². The maximum atomic E-state index is 4.70. The Morgan fingerprint density at radius 3 is 2.50 bits per heavy atom. The van der Waals surface area contributed by atoms with Crippen molar-refractivity contribution < 1.29 is 0 Å². The third kappa shape index (κ3) is 2.32. The molecule has 0 N–H and O–H groups in total. The molecule has 24 heavy (non-hydrogen) atoms. The molecule has 0 bridgehead atoms. The van der Waals surface area contributed by atoms with Crippen molar-refractivity contribution in [1.82, 2.24) is 19.7 Å². The molecule has 0 fully saturated rings. The van der Waals surface area contributed by atoms with Crippen molar-refractivity contribution in [2.75, 3.05) is 0 Å². The molecule has 2 aromatic heterocycles. The first-order valence-electron chi connectivity index (χ1n) is 7.89. The molecule has 0 aliphatic carbocycles. The van der Waals surface area contributed by atoms with E-state index in [1.807, 2.05) is 6.92 Å². The fraction of sp³-hybridized carbons (Fsp3) is 0.211. The lowest BCUT2D eigenvalue weighted by atomic mass is 10.0. The maximum Gasteiger partial charge on any atom is 0.170 e. The quantitative estimate of drug-likeness (QED) is 0.530. The highest BCUT2D eigenvalue weighted by molar-refractivity contribution is 7.18. The normalized spacial score (nSPS) is 11.3. The predicted octanol–water partition coefficient (Wildman–Crippen LogP) is 4.78. The standard InChI is InChI=1S/C19H18N4S/c1-11-8-12(2)18(13(3)9-11)23-10-20-22-19(23)15-6-5-7-16-17(15)21-14(4)24-16/h5-10H,1-4H3. The number of aryl methyl sites for hydroxylation is 4. The van der Waals surface area contributed by atoms with E-state index in [1.165, 1.54) is 21.4 Å². The first kappa shape index (κ1) is 15.0. The summed E-state index contributed by atoms with van der Waals surface area (Å²) in [6.07, 6.45) is 1.79. The van der Waals surface area contributed by atoms with Crippen LogP contribution in [-0.4, -0.2) is 19.7 Å². The molecule has 0 unspecified atom stereocenters. The van der Waals surface area contributed by atoms with Crippen LogP contribution in [0.1, 0.15) is 21.7 Å². The van der Waals surface area contributed by atoms with Gasteiger partial charge in [-0.15, -0.1) is 21.5 Å². The molecule has 2 aromatic carbocycles. The minimum Gasteiger partial charge on any atom is -0.281 e. The molecule has 4 aromatic rings. The second-order valence-electron chi connectivity index (χ2n) is 6.16. The SMILES string of the molecule is Cc1cc(C)c(-n2cnnc2-c2cccc3sc(C)nc23)c(C)c1. The van der Waals surface area contributed by atoms with Gasteiger partial charge in [0.15, 0.2) is 5.82 Å². The minimum absolute atomic E-state index is 0.834. The Labute approximate surface area is 144 Å². The third-order valence-corrected chi connectivity index (χ3v) is 5.13. The number of nitrogens with zero attached hydrogens (tertiary/aromatic N) is 4. The van der Waals surface area contributed by atoms with Crippen molar-refractivity contribution in [2.45, 2.75) is 27.7 Å². The summed E-state index contributed by atoms with van der Waals surface area (Å²) in [6.45, 7) is 8.42. The van der Waals surface area contributed by atoms with Crippen LogP contribution in [0, 0.1) is 27.7 Å². The highest BCUT2D eigenvalue weighted by atomic mass is 32.1. The van der Waals surface area contributed by atoms with Crippen LogP contribution < -0.4 is 0 Å². The largest absolute Gasteiger partial charge is 0.281 e. The Bertz CT molecular complexity index is 1040. The molecule has 120 valence electrons. The first-order valence-corrected chi connectivity index (χ1v) is 8.71. The number of thiazole rings is 1. The highest BCUT2D eigenvalue weighted by Crippen LogP contribution is 2.32. The first-order chi connectivity index (χ1) is 11.5. The van der Waals surface area contributed by atoms with Crippen LogP contribution in [0.5, 0.6) is 0 Å². The van der Waals surface area contributed by atoms with Crippen molar-refractivity contribution in [3.8, 4) is 17.1 Å². The molecule has 4 rings (SSSR count). The molecule has 5 heteroatoms. The average molecular weight is 334 g/mol. The van der Waals surface area contributed by atoms with Crippen LogP contribution >= 0.6 is 11.3 Å². The van der Waals surface area contributed by atoms with Gasteiger partial charge >= 0.3 is 0 Å². The van der Waals surface area contributed by atoms with Gasteiger partial charge in [-0.25, -0.2) is 4.98 Å². The van der Waals surface area contributed by atoms with Crippen molar-refractivity contribution in [1.29, 1.82) is 0 Å². The summed E-state index contributed by atoms with van der Waals surface area (Å²) in [5, 5.41) is 9.65. The Hall–Kier alpha value is -2.53. The summed E-state index contributed by atoms with van der Waals surface area (Å²) in [5.74, 6) is 0.834. The van der Waals surface area contributed by atoms with Gasteiger partial charge in [0, 0.05) is 5.56 Å². The Morgan fingerprint density at radius 2 is 1.75 bits per heavy atom. The molecule has 0 aliphatic rings. The molecule has 0 radical (unpaired) electrons. The highest BCUT2D eigenvalue weighted by Gasteiger charge is 2.17. The van der Waals surface area contributed by atoms with E-state index in [0.717, 1.165) is 27.6 Å². The number of hydrogen-bond acceptors (Lipinski definition) is 4. The van der Waals surface area contributed by atoms with E-state index < -0.39 is 0 Å². The van der Waals surface area contributed by atoms with Gasteiger partial charge in [0.25, 0.3) is 0 Å². The van der Waals surface area contributed by atoms with Crippen molar-refractivity contribution in [3.05, 3.63) is 58.4 Å². The predicted molar refractivity (Wildman–Crippen MR) is 98.9 cm³/mol. The van der Waals surface area contributed by atoms with E-state index in [4.69, 9.17) is 4.98 Å². The van der Waals surface area contributed by atoms with Crippen molar-refractivity contribution in [3.63, 3.8) is 0 Å². The Balaban J connectivity index is 1.99. The van der Waals surface area contributed by atoms with Crippen molar-refractivity contribution in [2.24, 2.45) is 0 Å². The smallest absolute Gasteiger partial charge is 0.170 e. The van der Waals surface area contributed by atoms with E-state index >= 15 is 0 Å². The molecule has 0 amide bonds. The summed E-state index contributed by atoms with van der Waals surface area (Å²) in [4.78, 5) is 4.70. The summed E-state index contributed by atoms with van der Waals surface area (Å²) < 4.78 is 3.25. The lowest BCUT2D eigenvalue weighted by molar-refractivity contribution is 1.03. The zero-order valence-corrected chi connectivity index (χ0v) is 15.0. The monoisotopic (exact) mass is 334 g/mol. The molecule has 0 atom stereocenters. The van der Waals surface area contributed by atoms with Gasteiger partial charge in [0.05, 0.1) is 20.9 Å². The summed E-state index contributed by atoms with van der Waals surface area (Å²) in [6, 6.07) is 10.6. The number of benzene rings is 2. The van der Waals surface area contributed by atoms with Gasteiger partial charge in [0.2, 0.25) is 0 Å². The number of rotatable bonds is 2. The summed E-state index contributed by atoms with van der Waals surface area (Å²) >= 11 is 1.70. The molecular weight excluding hydrogens is 316 g/mol. The van der Waals surface area contributed by atoms with Crippen LogP contribution in [0.4, 0.5) is 0 Å². The van der Waals surface area contributed by atoms with Crippen LogP contribution in [0.2, 0.25) is 0 Å². The molecule has 0 saturated heterocycles. The second-order valence-corrected chi connectivity index (χ2v) is 7.39. The van der Waals surface area contributed by atoms with E-state index in [0.29, 0.717) is 0 Å². The van der Waals surface area contributed by atoms with E-state index in [-0.39, 0.29) is 0 Å². The molecule has 0 spiro atoms. The zero-order valence-electron chi connectivity index (χ0n) is 14.2. The number of para-hydroxylation sites is 1. The van der Waals surface area contributed by atoms with Gasteiger partial charge in [-0.1, -0.05) is 23.8 Å². The lowest BCUT2D eigenvalue weighted by Crippen LogP contribution is -2.02.